The summed E-state index contributed by atoms with van der Waals surface area (Å²) in [5.41, 5.74) is 0.810. The molecule has 6 nitrogen and oxygen atoms in total. The molecule has 0 spiro atoms. The number of carbonyl (C=O) groups is 2. The number of hydrogen-bond donors (Lipinski definition) is 1. The van der Waals surface area contributed by atoms with Gasteiger partial charge in [0.25, 0.3) is 0 Å². The van der Waals surface area contributed by atoms with Gasteiger partial charge in [0, 0.05) is 0 Å². The maximum absolute atomic E-state index is 11.5. The average Bonchev–Trinajstić information content (AvgIpc) is 2.45. The molecule has 6 heteroatoms. The topological polar surface area (TPSA) is 73.9 Å². The third-order valence-electron chi connectivity index (χ3n) is 2.40. The fourth-order valence-electron chi connectivity index (χ4n) is 1.53. The number of nitrogens with one attached hydrogen (secondary N) is 1. The Labute approximate surface area is 118 Å². The van der Waals surface area contributed by atoms with Gasteiger partial charge in [0.1, 0.15) is 6.61 Å². The maximum Gasteiger partial charge on any atom is 0.508 e. The van der Waals surface area contributed by atoms with Gasteiger partial charge in [0.05, 0.1) is 19.3 Å². The molecule has 1 atom stereocenters. The number of ether oxygens (including phenoxy) is 3. The van der Waals surface area contributed by atoms with Crippen molar-refractivity contribution in [1.82, 2.24) is 5.32 Å². The molecule has 0 fully saturated rings. The molecule has 0 aliphatic rings. The van der Waals surface area contributed by atoms with E-state index < -0.39 is 18.3 Å². The van der Waals surface area contributed by atoms with Gasteiger partial charge in [-0.25, -0.2) is 9.59 Å². The Hall–Kier alpha value is -2.24. The van der Waals surface area contributed by atoms with E-state index in [-0.39, 0.29) is 19.8 Å². The quantitative estimate of drug-likeness (QED) is 0.811. The fourth-order valence-corrected chi connectivity index (χ4v) is 1.53. The molecule has 1 aromatic carbocycles. The van der Waals surface area contributed by atoms with Crippen LogP contribution >= 0.6 is 0 Å². The molecule has 0 saturated carbocycles. The normalized spacial score (nSPS) is 11.3. The Kier molecular flexibility index (Phi) is 6.95. The largest absolute Gasteiger partial charge is 0.508 e. The van der Waals surface area contributed by atoms with E-state index in [4.69, 9.17) is 9.47 Å². The van der Waals surface area contributed by atoms with Gasteiger partial charge in [-0.15, -0.1) is 0 Å². The zero-order valence-corrected chi connectivity index (χ0v) is 11.6. The van der Waals surface area contributed by atoms with Gasteiger partial charge in [0.15, 0.2) is 0 Å². The summed E-state index contributed by atoms with van der Waals surface area (Å²) >= 11 is 0. The molecular formula is C14H19NO5. The van der Waals surface area contributed by atoms with Crippen molar-refractivity contribution in [3.8, 4) is 0 Å². The summed E-state index contributed by atoms with van der Waals surface area (Å²) in [4.78, 5) is 22.7. The van der Waals surface area contributed by atoms with Gasteiger partial charge in [-0.1, -0.05) is 30.3 Å². The Morgan fingerprint density at radius 2 is 1.70 bits per heavy atom. The van der Waals surface area contributed by atoms with E-state index in [2.05, 4.69) is 10.1 Å². The van der Waals surface area contributed by atoms with Crippen molar-refractivity contribution >= 4 is 12.2 Å². The van der Waals surface area contributed by atoms with Gasteiger partial charge >= 0.3 is 12.2 Å². The first kappa shape index (κ1) is 15.8. The van der Waals surface area contributed by atoms with Crippen molar-refractivity contribution < 1.29 is 23.8 Å². The van der Waals surface area contributed by atoms with Gasteiger partial charge in [-0.2, -0.15) is 0 Å². The molecule has 0 heterocycles. The summed E-state index contributed by atoms with van der Waals surface area (Å²) in [6.45, 7) is 3.88. The minimum atomic E-state index is -0.765. The lowest BCUT2D eigenvalue weighted by Crippen LogP contribution is -2.32. The van der Waals surface area contributed by atoms with E-state index in [9.17, 15) is 9.59 Å². The SMILES string of the molecule is CCOC(=O)NC(COC(=O)OCC)c1ccccc1. The lowest BCUT2D eigenvalue weighted by atomic mass is 10.1. The van der Waals surface area contributed by atoms with Crippen LogP contribution in [0.4, 0.5) is 9.59 Å². The molecule has 0 bridgehead atoms. The number of amides is 1. The highest BCUT2D eigenvalue weighted by Crippen LogP contribution is 2.13. The first-order chi connectivity index (χ1) is 9.67. The number of carbonyl (C=O) groups excluding carboxylic acids is 2. The fraction of sp³-hybridized carbons (Fsp3) is 0.429. The maximum atomic E-state index is 11.5. The van der Waals surface area contributed by atoms with Crippen LogP contribution in [0.2, 0.25) is 0 Å². The van der Waals surface area contributed by atoms with Gasteiger partial charge in [-0.3, -0.25) is 0 Å². The van der Waals surface area contributed by atoms with Crippen molar-refractivity contribution in [2.24, 2.45) is 0 Å². The van der Waals surface area contributed by atoms with Gasteiger partial charge < -0.3 is 19.5 Å². The van der Waals surface area contributed by atoms with E-state index in [1.807, 2.05) is 30.3 Å². The highest BCUT2D eigenvalue weighted by Gasteiger charge is 2.17. The van der Waals surface area contributed by atoms with Crippen LogP contribution in [-0.2, 0) is 14.2 Å². The van der Waals surface area contributed by atoms with Crippen LogP contribution in [0.1, 0.15) is 25.5 Å². The highest BCUT2D eigenvalue weighted by molar-refractivity contribution is 5.68. The molecule has 1 rings (SSSR count). The highest BCUT2D eigenvalue weighted by atomic mass is 16.7. The van der Waals surface area contributed by atoms with Crippen LogP contribution in [0.25, 0.3) is 0 Å². The summed E-state index contributed by atoms with van der Waals surface area (Å²) in [6.07, 6.45) is -1.33. The van der Waals surface area contributed by atoms with Gasteiger partial charge in [0.2, 0.25) is 0 Å². The second kappa shape index (κ2) is 8.79. The summed E-state index contributed by atoms with van der Waals surface area (Å²) in [6, 6.07) is 8.69. The Balaban J connectivity index is 2.64. The molecule has 0 aliphatic heterocycles. The first-order valence-electron chi connectivity index (χ1n) is 6.45. The van der Waals surface area contributed by atoms with E-state index in [0.717, 1.165) is 5.56 Å². The second-order valence-electron chi connectivity index (χ2n) is 3.82. The lowest BCUT2D eigenvalue weighted by molar-refractivity contribution is 0.0508. The molecule has 1 N–H and O–H groups in total. The predicted molar refractivity (Wildman–Crippen MR) is 72.3 cm³/mol. The van der Waals surface area contributed by atoms with Crippen LogP contribution in [0.5, 0.6) is 0 Å². The van der Waals surface area contributed by atoms with E-state index in [1.165, 1.54) is 0 Å². The third-order valence-corrected chi connectivity index (χ3v) is 2.40. The molecule has 1 aromatic rings. The molecule has 20 heavy (non-hydrogen) atoms. The summed E-state index contributed by atoms with van der Waals surface area (Å²) < 4.78 is 14.4. The second-order valence-corrected chi connectivity index (χ2v) is 3.82. The number of rotatable bonds is 6. The standard InChI is InChI=1S/C14H19NO5/c1-3-18-13(16)15-12(10-20-14(17)19-4-2)11-8-6-5-7-9-11/h5-9,12H,3-4,10H2,1-2H3,(H,15,16). The van der Waals surface area contributed by atoms with Crippen molar-refractivity contribution in [1.29, 1.82) is 0 Å². The number of hydrogen-bond acceptors (Lipinski definition) is 5. The smallest absolute Gasteiger partial charge is 0.450 e. The molecule has 0 saturated heterocycles. The monoisotopic (exact) mass is 281 g/mol. The summed E-state index contributed by atoms with van der Waals surface area (Å²) in [7, 11) is 0. The molecular weight excluding hydrogens is 262 g/mol. The Morgan fingerprint density at radius 3 is 2.30 bits per heavy atom. The third kappa shape index (κ3) is 5.60. The van der Waals surface area contributed by atoms with Gasteiger partial charge in [-0.05, 0) is 19.4 Å². The molecule has 1 amide bonds. The number of benzene rings is 1. The molecule has 0 aromatic heterocycles. The first-order valence-corrected chi connectivity index (χ1v) is 6.45. The molecule has 110 valence electrons. The van der Waals surface area contributed by atoms with Crippen molar-refractivity contribution in [3.05, 3.63) is 35.9 Å². The molecule has 1 unspecified atom stereocenters. The predicted octanol–water partition coefficient (Wildman–Crippen LogP) is 2.65. The van der Waals surface area contributed by atoms with Crippen molar-refractivity contribution in [3.63, 3.8) is 0 Å². The van der Waals surface area contributed by atoms with Crippen LogP contribution < -0.4 is 5.32 Å². The summed E-state index contributed by atoms with van der Waals surface area (Å²) in [5, 5.41) is 2.64. The Morgan fingerprint density at radius 1 is 1.05 bits per heavy atom. The van der Waals surface area contributed by atoms with Crippen LogP contribution in [0.15, 0.2) is 30.3 Å². The van der Waals surface area contributed by atoms with Crippen LogP contribution in [-0.4, -0.2) is 32.1 Å². The zero-order valence-electron chi connectivity index (χ0n) is 11.6. The minimum Gasteiger partial charge on any atom is -0.450 e. The number of alkyl carbamates (subject to hydrolysis) is 1. The van der Waals surface area contributed by atoms with E-state index >= 15 is 0 Å². The summed E-state index contributed by atoms with van der Waals surface area (Å²) in [5.74, 6) is 0. The lowest BCUT2D eigenvalue weighted by Gasteiger charge is -2.18. The van der Waals surface area contributed by atoms with Crippen LogP contribution in [0, 0.1) is 0 Å². The molecule has 0 aliphatic carbocycles. The molecule has 0 radical (unpaired) electrons. The average molecular weight is 281 g/mol. The van der Waals surface area contributed by atoms with E-state index in [0.29, 0.717) is 0 Å². The van der Waals surface area contributed by atoms with Crippen molar-refractivity contribution in [2.45, 2.75) is 19.9 Å². The zero-order chi connectivity index (χ0) is 14.8. The minimum absolute atomic E-state index is 0.0261. The Bertz CT molecular complexity index is 421. The van der Waals surface area contributed by atoms with Crippen molar-refractivity contribution in [2.75, 3.05) is 19.8 Å². The van der Waals surface area contributed by atoms with Crippen LogP contribution in [0.3, 0.4) is 0 Å². The van der Waals surface area contributed by atoms with E-state index in [1.54, 1.807) is 13.8 Å².